The molecule has 0 aliphatic carbocycles. The summed E-state index contributed by atoms with van der Waals surface area (Å²) in [6.45, 7) is 5.33. The minimum absolute atomic E-state index is 0.0519. The Hall–Kier alpha value is -0.970. The Balaban J connectivity index is 2.59. The molecule has 0 aliphatic heterocycles. The Bertz CT molecular complexity index is 344. The highest BCUT2D eigenvalue weighted by atomic mass is 19.1. The number of aryl methyl sites for hydroxylation is 1. The fourth-order valence-corrected chi connectivity index (χ4v) is 1.89. The molecule has 0 spiro atoms. The Kier molecular flexibility index (Phi) is 6.11. The van der Waals surface area contributed by atoms with Gasteiger partial charge in [-0.1, -0.05) is 6.07 Å². The topological polar surface area (TPSA) is 47.3 Å². The van der Waals surface area contributed by atoms with Crippen molar-refractivity contribution in [2.24, 2.45) is 5.84 Å². The first-order chi connectivity index (χ1) is 8.19. The van der Waals surface area contributed by atoms with Crippen molar-refractivity contribution < 1.29 is 9.13 Å². The number of nitrogens with one attached hydrogen (secondary N) is 1. The van der Waals surface area contributed by atoms with Crippen LogP contribution in [0.1, 0.15) is 36.9 Å². The van der Waals surface area contributed by atoms with E-state index >= 15 is 0 Å². The molecule has 1 atom stereocenters. The van der Waals surface area contributed by atoms with Gasteiger partial charge in [0.25, 0.3) is 0 Å². The molecule has 1 unspecified atom stereocenters. The highest BCUT2D eigenvalue weighted by molar-refractivity contribution is 5.29. The van der Waals surface area contributed by atoms with Crippen molar-refractivity contribution in [1.29, 1.82) is 0 Å². The summed E-state index contributed by atoms with van der Waals surface area (Å²) in [5, 5.41) is 0. The lowest BCUT2D eigenvalue weighted by Crippen LogP contribution is -2.28. The lowest BCUT2D eigenvalue weighted by atomic mass is 9.98. The summed E-state index contributed by atoms with van der Waals surface area (Å²) in [5.41, 5.74) is 4.74. The molecule has 1 aromatic carbocycles. The van der Waals surface area contributed by atoms with Gasteiger partial charge in [0.1, 0.15) is 5.82 Å². The highest BCUT2D eigenvalue weighted by Crippen LogP contribution is 2.22. The Morgan fingerprint density at radius 3 is 2.82 bits per heavy atom. The van der Waals surface area contributed by atoms with Gasteiger partial charge in [0.15, 0.2) is 0 Å². The largest absolute Gasteiger partial charge is 0.382 e. The number of nitrogens with two attached hydrogens (primary N) is 1. The van der Waals surface area contributed by atoms with Gasteiger partial charge < -0.3 is 4.74 Å². The Morgan fingerprint density at radius 1 is 1.47 bits per heavy atom. The van der Waals surface area contributed by atoms with Crippen molar-refractivity contribution in [3.8, 4) is 0 Å². The maximum atomic E-state index is 13.0. The van der Waals surface area contributed by atoms with Crippen molar-refractivity contribution in [1.82, 2.24) is 5.43 Å². The molecule has 0 aliphatic rings. The smallest absolute Gasteiger partial charge is 0.123 e. The van der Waals surface area contributed by atoms with Gasteiger partial charge in [0, 0.05) is 19.3 Å². The van der Waals surface area contributed by atoms with Crippen molar-refractivity contribution >= 4 is 0 Å². The van der Waals surface area contributed by atoms with Crippen molar-refractivity contribution in [2.45, 2.75) is 32.7 Å². The molecule has 0 saturated carbocycles. The molecule has 0 radical (unpaired) electrons. The van der Waals surface area contributed by atoms with Crippen LogP contribution in [0.5, 0.6) is 0 Å². The van der Waals surface area contributed by atoms with Crippen LogP contribution in [0.3, 0.4) is 0 Å². The molecule has 17 heavy (non-hydrogen) atoms. The minimum atomic E-state index is -0.212. The monoisotopic (exact) mass is 240 g/mol. The van der Waals surface area contributed by atoms with Crippen LogP contribution < -0.4 is 11.3 Å². The van der Waals surface area contributed by atoms with Crippen LogP contribution in [0, 0.1) is 12.7 Å². The molecule has 3 nitrogen and oxygen atoms in total. The average molecular weight is 240 g/mol. The fraction of sp³-hybridized carbons (Fsp3) is 0.538. The van der Waals surface area contributed by atoms with Crippen molar-refractivity contribution in [2.75, 3.05) is 13.2 Å². The summed E-state index contributed by atoms with van der Waals surface area (Å²) in [6.07, 6.45) is 1.81. The summed E-state index contributed by atoms with van der Waals surface area (Å²) in [5.74, 6) is 5.33. The predicted octanol–water partition coefficient (Wildman–Crippen LogP) is 2.46. The first kappa shape index (κ1) is 14.1. The van der Waals surface area contributed by atoms with Gasteiger partial charge in [-0.05, 0) is 49.9 Å². The number of rotatable bonds is 7. The van der Waals surface area contributed by atoms with E-state index in [4.69, 9.17) is 10.6 Å². The molecule has 1 aromatic rings. The maximum absolute atomic E-state index is 13.0. The Labute approximate surface area is 102 Å². The van der Waals surface area contributed by atoms with Crippen molar-refractivity contribution in [3.63, 3.8) is 0 Å². The third-order valence-electron chi connectivity index (χ3n) is 2.79. The summed E-state index contributed by atoms with van der Waals surface area (Å²) in [6, 6.07) is 4.84. The molecule has 0 amide bonds. The van der Waals surface area contributed by atoms with Crippen LogP contribution in [-0.4, -0.2) is 13.2 Å². The second kappa shape index (κ2) is 7.37. The third-order valence-corrected chi connectivity index (χ3v) is 2.79. The zero-order valence-electron chi connectivity index (χ0n) is 10.5. The normalized spacial score (nSPS) is 12.7. The molecule has 3 N–H and O–H groups in total. The number of hydrogen-bond acceptors (Lipinski definition) is 3. The fourth-order valence-electron chi connectivity index (χ4n) is 1.89. The van der Waals surface area contributed by atoms with Gasteiger partial charge in [0.2, 0.25) is 0 Å². The lowest BCUT2D eigenvalue weighted by molar-refractivity contribution is 0.141. The van der Waals surface area contributed by atoms with Crippen LogP contribution >= 0.6 is 0 Å². The highest BCUT2D eigenvalue weighted by Gasteiger charge is 2.12. The molecule has 0 bridgehead atoms. The van der Waals surface area contributed by atoms with Crippen LogP contribution in [0.4, 0.5) is 4.39 Å². The molecule has 0 aromatic heterocycles. The van der Waals surface area contributed by atoms with E-state index in [0.717, 1.165) is 37.2 Å². The van der Waals surface area contributed by atoms with E-state index in [2.05, 4.69) is 5.43 Å². The van der Waals surface area contributed by atoms with E-state index in [1.54, 1.807) is 6.07 Å². The van der Waals surface area contributed by atoms with Gasteiger partial charge in [0.05, 0.1) is 0 Å². The molecule has 1 rings (SSSR count). The SMILES string of the molecule is CCOCCCC(NN)c1ccc(F)cc1C. The van der Waals surface area contributed by atoms with Gasteiger partial charge in [-0.2, -0.15) is 0 Å². The maximum Gasteiger partial charge on any atom is 0.123 e. The van der Waals surface area contributed by atoms with E-state index in [9.17, 15) is 4.39 Å². The predicted molar refractivity (Wildman–Crippen MR) is 66.9 cm³/mol. The lowest BCUT2D eigenvalue weighted by Gasteiger charge is -2.18. The summed E-state index contributed by atoms with van der Waals surface area (Å²) in [4.78, 5) is 0. The zero-order chi connectivity index (χ0) is 12.7. The number of halogens is 1. The number of hydrogen-bond donors (Lipinski definition) is 2. The van der Waals surface area contributed by atoms with Gasteiger partial charge in [-0.3, -0.25) is 11.3 Å². The van der Waals surface area contributed by atoms with E-state index in [-0.39, 0.29) is 11.9 Å². The number of hydrazine groups is 1. The summed E-state index contributed by atoms with van der Waals surface area (Å²) >= 11 is 0. The molecule has 0 saturated heterocycles. The number of benzene rings is 1. The van der Waals surface area contributed by atoms with Gasteiger partial charge >= 0.3 is 0 Å². The van der Waals surface area contributed by atoms with Crippen LogP contribution in [-0.2, 0) is 4.74 Å². The second-order valence-corrected chi connectivity index (χ2v) is 4.06. The van der Waals surface area contributed by atoms with Crippen molar-refractivity contribution in [3.05, 3.63) is 35.1 Å². The van der Waals surface area contributed by atoms with E-state index < -0.39 is 0 Å². The molecule has 4 heteroatoms. The molecule has 0 heterocycles. The zero-order valence-corrected chi connectivity index (χ0v) is 10.5. The van der Waals surface area contributed by atoms with Crippen LogP contribution in [0.2, 0.25) is 0 Å². The van der Waals surface area contributed by atoms with Crippen LogP contribution in [0.25, 0.3) is 0 Å². The number of ether oxygens (including phenoxy) is 1. The summed E-state index contributed by atoms with van der Waals surface area (Å²) < 4.78 is 18.3. The molecular weight excluding hydrogens is 219 g/mol. The minimum Gasteiger partial charge on any atom is -0.382 e. The molecular formula is C13H21FN2O. The first-order valence-electron chi connectivity index (χ1n) is 5.99. The van der Waals surface area contributed by atoms with Gasteiger partial charge in [-0.25, -0.2) is 4.39 Å². The van der Waals surface area contributed by atoms with E-state index in [1.807, 2.05) is 13.8 Å². The Morgan fingerprint density at radius 2 is 2.24 bits per heavy atom. The van der Waals surface area contributed by atoms with E-state index in [1.165, 1.54) is 12.1 Å². The van der Waals surface area contributed by atoms with Crippen LogP contribution in [0.15, 0.2) is 18.2 Å². The standard InChI is InChI=1S/C13H21FN2O/c1-3-17-8-4-5-13(16-15)12-7-6-11(14)9-10(12)2/h6-7,9,13,16H,3-5,8,15H2,1-2H3. The second-order valence-electron chi connectivity index (χ2n) is 4.06. The molecule has 0 fully saturated rings. The molecule has 96 valence electrons. The van der Waals surface area contributed by atoms with Gasteiger partial charge in [-0.15, -0.1) is 0 Å². The van der Waals surface area contributed by atoms with E-state index in [0.29, 0.717) is 0 Å². The third kappa shape index (κ3) is 4.42. The average Bonchev–Trinajstić information content (AvgIpc) is 2.31. The first-order valence-corrected chi connectivity index (χ1v) is 5.99. The quantitative estimate of drug-likeness (QED) is 0.437. The summed E-state index contributed by atoms with van der Waals surface area (Å²) in [7, 11) is 0.